The zero-order valence-corrected chi connectivity index (χ0v) is 12.4. The first-order valence-electron chi connectivity index (χ1n) is 5.64. The maximum Gasteiger partial charge on any atom is 0.703 e. The Morgan fingerprint density at radius 3 is 1.45 bits per heavy atom. The standard InChI is InChI=1S/C10H18O9P/c1-5(16-7(3)11)9(13)18-20(15)19-10(14)6(2)17-8(4)12/h5-6,9-10,13-14H,1-4H3/q+1/t5-,6-,9-,10-/m0/s1. The third-order valence-electron chi connectivity index (χ3n) is 1.89. The molecule has 0 fully saturated rings. The van der Waals surface area contributed by atoms with Crippen LogP contribution in [0.5, 0.6) is 0 Å². The smallest absolute Gasteiger partial charge is 0.457 e. The lowest BCUT2D eigenvalue weighted by Gasteiger charge is -2.15. The Bertz CT molecular complexity index is 327. The highest BCUT2D eigenvalue weighted by Gasteiger charge is 2.36. The van der Waals surface area contributed by atoms with Crippen molar-refractivity contribution < 1.29 is 42.9 Å². The fourth-order valence-corrected chi connectivity index (χ4v) is 1.76. The Balaban J connectivity index is 4.21. The van der Waals surface area contributed by atoms with Crippen LogP contribution in [0.2, 0.25) is 0 Å². The second kappa shape index (κ2) is 8.93. The molecule has 4 atom stereocenters. The average Bonchev–Trinajstić information content (AvgIpc) is 2.26. The fraction of sp³-hybridized carbons (Fsp3) is 0.800. The fourth-order valence-electron chi connectivity index (χ4n) is 1.01. The Labute approximate surface area is 116 Å². The molecule has 0 rings (SSSR count). The molecule has 0 aliphatic heterocycles. The van der Waals surface area contributed by atoms with Crippen LogP contribution < -0.4 is 0 Å². The Morgan fingerprint density at radius 2 is 1.20 bits per heavy atom. The summed E-state index contributed by atoms with van der Waals surface area (Å²) in [4.78, 5) is 21.3. The molecule has 0 aliphatic carbocycles. The van der Waals surface area contributed by atoms with Crippen LogP contribution in [-0.2, 0) is 32.7 Å². The van der Waals surface area contributed by atoms with E-state index in [2.05, 4.69) is 18.5 Å². The molecule has 0 aromatic rings. The summed E-state index contributed by atoms with van der Waals surface area (Å²) in [6, 6.07) is 0. The Hall–Kier alpha value is -1.12. The van der Waals surface area contributed by atoms with Crippen LogP contribution in [0.1, 0.15) is 27.7 Å². The molecule has 10 heteroatoms. The van der Waals surface area contributed by atoms with E-state index in [4.69, 9.17) is 0 Å². The van der Waals surface area contributed by atoms with Gasteiger partial charge in [0.1, 0.15) is 0 Å². The zero-order chi connectivity index (χ0) is 15.9. The van der Waals surface area contributed by atoms with E-state index in [-0.39, 0.29) is 0 Å². The maximum atomic E-state index is 11.3. The summed E-state index contributed by atoms with van der Waals surface area (Å²) in [6.45, 7) is 4.88. The van der Waals surface area contributed by atoms with Gasteiger partial charge in [-0.25, -0.2) is 0 Å². The molecule has 0 bridgehead atoms. The first kappa shape index (κ1) is 18.9. The van der Waals surface area contributed by atoms with Crippen LogP contribution in [0.4, 0.5) is 0 Å². The van der Waals surface area contributed by atoms with Crippen molar-refractivity contribution in [3.05, 3.63) is 0 Å². The normalized spacial score (nSPS) is 16.7. The van der Waals surface area contributed by atoms with Gasteiger partial charge in [0.25, 0.3) is 0 Å². The van der Waals surface area contributed by atoms with E-state index in [1.165, 1.54) is 13.8 Å². The van der Waals surface area contributed by atoms with Crippen LogP contribution in [0.3, 0.4) is 0 Å². The topological polar surface area (TPSA) is 129 Å². The van der Waals surface area contributed by atoms with E-state index in [0.29, 0.717) is 0 Å². The number of rotatable bonds is 8. The van der Waals surface area contributed by atoms with Crippen molar-refractivity contribution in [3.63, 3.8) is 0 Å². The van der Waals surface area contributed by atoms with E-state index in [9.17, 15) is 24.4 Å². The molecule has 0 amide bonds. The number of hydrogen-bond donors (Lipinski definition) is 2. The zero-order valence-electron chi connectivity index (χ0n) is 11.5. The molecule has 0 saturated heterocycles. The minimum absolute atomic E-state index is 0.653. The third-order valence-corrected chi connectivity index (χ3v) is 2.67. The minimum Gasteiger partial charge on any atom is -0.457 e. The summed E-state index contributed by atoms with van der Waals surface area (Å²) in [6.07, 6.45) is -5.53. The lowest BCUT2D eigenvalue weighted by molar-refractivity contribution is -0.173. The van der Waals surface area contributed by atoms with Crippen molar-refractivity contribution in [1.82, 2.24) is 0 Å². The van der Waals surface area contributed by atoms with Gasteiger partial charge in [0.2, 0.25) is 12.6 Å². The summed E-state index contributed by atoms with van der Waals surface area (Å²) in [5.41, 5.74) is 0. The van der Waals surface area contributed by atoms with E-state index in [1.54, 1.807) is 0 Å². The number of hydrogen-bond acceptors (Lipinski definition) is 9. The quantitative estimate of drug-likeness (QED) is 0.367. The van der Waals surface area contributed by atoms with Crippen molar-refractivity contribution in [2.75, 3.05) is 0 Å². The van der Waals surface area contributed by atoms with Crippen molar-refractivity contribution in [2.45, 2.75) is 52.5 Å². The minimum atomic E-state index is -2.91. The van der Waals surface area contributed by atoms with Gasteiger partial charge in [-0.2, -0.15) is 0 Å². The highest BCUT2D eigenvalue weighted by atomic mass is 31.1. The Kier molecular flexibility index (Phi) is 8.43. The second-order valence-corrected chi connectivity index (χ2v) is 4.71. The van der Waals surface area contributed by atoms with Gasteiger partial charge in [0.05, 0.1) is 0 Å². The van der Waals surface area contributed by atoms with Crippen molar-refractivity contribution in [3.8, 4) is 0 Å². The number of aliphatic hydroxyl groups is 2. The number of esters is 2. The summed E-state index contributed by atoms with van der Waals surface area (Å²) in [5.74, 6) is -1.31. The van der Waals surface area contributed by atoms with Crippen LogP contribution in [0, 0.1) is 0 Å². The molecule has 0 saturated carbocycles. The predicted molar refractivity (Wildman–Crippen MR) is 64.2 cm³/mol. The van der Waals surface area contributed by atoms with Gasteiger partial charge in [-0.1, -0.05) is 9.05 Å². The van der Waals surface area contributed by atoms with Crippen molar-refractivity contribution in [1.29, 1.82) is 0 Å². The number of carbonyl (C=O) groups excluding carboxylic acids is 2. The van der Waals surface area contributed by atoms with Gasteiger partial charge in [-0.05, 0) is 13.8 Å². The van der Waals surface area contributed by atoms with Gasteiger partial charge in [0, 0.05) is 18.4 Å². The summed E-state index contributed by atoms with van der Waals surface area (Å²) in [5, 5.41) is 18.8. The molecule has 0 unspecified atom stereocenters. The van der Waals surface area contributed by atoms with E-state index in [1.807, 2.05) is 0 Å². The van der Waals surface area contributed by atoms with Crippen molar-refractivity contribution in [2.24, 2.45) is 0 Å². The SMILES string of the molecule is CC(=O)O[C@@H](C)[C@@H](O)O[P+](=O)O[C@H](O)[C@H](C)OC(C)=O. The van der Waals surface area contributed by atoms with Crippen molar-refractivity contribution >= 4 is 20.2 Å². The largest absolute Gasteiger partial charge is 0.703 e. The lowest BCUT2D eigenvalue weighted by atomic mass is 10.4. The number of aliphatic hydroxyl groups excluding tert-OH is 2. The second-order valence-electron chi connectivity index (χ2n) is 3.84. The molecule has 0 aliphatic rings. The van der Waals surface area contributed by atoms with Gasteiger partial charge in [0.15, 0.2) is 12.2 Å². The van der Waals surface area contributed by atoms with Gasteiger partial charge in [-0.15, -0.1) is 0 Å². The molecule has 0 aromatic carbocycles. The Morgan fingerprint density at radius 1 is 0.900 bits per heavy atom. The molecular formula is C10H18O9P+. The van der Waals surface area contributed by atoms with Crippen LogP contribution in [0.15, 0.2) is 0 Å². The average molecular weight is 313 g/mol. The molecule has 0 radical (unpaired) electrons. The first-order valence-corrected chi connectivity index (χ1v) is 6.74. The van der Waals surface area contributed by atoms with Crippen LogP contribution >= 0.6 is 8.25 Å². The molecular weight excluding hydrogens is 295 g/mol. The first-order chi connectivity index (χ1) is 9.13. The third kappa shape index (κ3) is 8.13. The maximum absolute atomic E-state index is 11.3. The molecule has 2 N–H and O–H groups in total. The highest BCUT2D eigenvalue weighted by molar-refractivity contribution is 7.33. The van der Waals surface area contributed by atoms with Crippen LogP contribution in [-0.4, -0.2) is 46.9 Å². The number of carbonyl (C=O) groups is 2. The molecule has 0 aromatic heterocycles. The number of ether oxygens (including phenoxy) is 2. The van der Waals surface area contributed by atoms with Crippen LogP contribution in [0.25, 0.3) is 0 Å². The van der Waals surface area contributed by atoms with E-state index >= 15 is 0 Å². The molecule has 116 valence electrons. The summed E-state index contributed by atoms with van der Waals surface area (Å²) in [7, 11) is -2.91. The molecule has 0 heterocycles. The molecule has 20 heavy (non-hydrogen) atoms. The van der Waals surface area contributed by atoms with Gasteiger partial charge < -0.3 is 19.7 Å². The van der Waals surface area contributed by atoms with E-state index in [0.717, 1.165) is 13.8 Å². The highest BCUT2D eigenvalue weighted by Crippen LogP contribution is 2.29. The van der Waals surface area contributed by atoms with Gasteiger partial charge >= 0.3 is 20.2 Å². The van der Waals surface area contributed by atoms with E-state index < -0.39 is 45.0 Å². The summed E-state index contributed by atoms with van der Waals surface area (Å²) < 4.78 is 29.5. The predicted octanol–water partition coefficient (Wildman–Crippen LogP) is 0.217. The van der Waals surface area contributed by atoms with Gasteiger partial charge in [-0.3, -0.25) is 9.59 Å². The molecule has 0 spiro atoms. The molecule has 9 nitrogen and oxygen atoms in total. The monoisotopic (exact) mass is 313 g/mol. The summed E-state index contributed by atoms with van der Waals surface area (Å²) >= 11 is 0. The lowest BCUT2D eigenvalue weighted by Crippen LogP contribution is -2.31.